The Bertz CT molecular complexity index is 647. The predicted octanol–water partition coefficient (Wildman–Crippen LogP) is 5.53. The van der Waals surface area contributed by atoms with Gasteiger partial charge in [0.2, 0.25) is 0 Å². The highest BCUT2D eigenvalue weighted by Crippen LogP contribution is 2.34. The van der Waals surface area contributed by atoms with E-state index in [4.69, 9.17) is 16.3 Å². The summed E-state index contributed by atoms with van der Waals surface area (Å²) < 4.78 is 6.48. The van der Waals surface area contributed by atoms with E-state index < -0.39 is 5.60 Å². The summed E-state index contributed by atoms with van der Waals surface area (Å²) in [5, 5.41) is 0.752. The van der Waals surface area contributed by atoms with Crippen LogP contribution in [0.4, 0.5) is 0 Å². The molecule has 2 nitrogen and oxygen atoms in total. The molecule has 0 aliphatic carbocycles. The fourth-order valence-electron chi connectivity index (χ4n) is 3.60. The number of likely N-dealkylation sites (tertiary alicyclic amines) is 1. The summed E-state index contributed by atoms with van der Waals surface area (Å²) in [6.45, 7) is 4.12. The minimum Gasteiger partial charge on any atom is -0.366 e. The molecular weight excluding hydrogens is 353 g/mol. The Morgan fingerprint density at radius 1 is 1.08 bits per heavy atom. The molecule has 0 amide bonds. The molecule has 4 heteroatoms. The molecule has 136 valence electrons. The third-order valence-corrected chi connectivity index (χ3v) is 5.49. The summed E-state index contributed by atoms with van der Waals surface area (Å²) in [4.78, 5) is 2.45. The van der Waals surface area contributed by atoms with E-state index in [1.807, 2.05) is 18.2 Å². The number of hydrogen-bond donors (Lipinski definition) is 0. The van der Waals surface area contributed by atoms with Gasteiger partial charge < -0.3 is 9.64 Å². The first-order chi connectivity index (χ1) is 11.6. The van der Waals surface area contributed by atoms with Crippen LogP contribution in [0.2, 0.25) is 5.02 Å². The van der Waals surface area contributed by atoms with Crippen molar-refractivity contribution in [1.82, 2.24) is 4.90 Å². The summed E-state index contributed by atoms with van der Waals surface area (Å²) in [5.74, 6) is 0. The second kappa shape index (κ2) is 9.05. The van der Waals surface area contributed by atoms with Crippen LogP contribution in [-0.4, -0.2) is 31.1 Å². The van der Waals surface area contributed by atoms with Gasteiger partial charge in [-0.3, -0.25) is 0 Å². The maximum atomic E-state index is 6.48. The Labute approximate surface area is 162 Å². The molecule has 0 bridgehead atoms. The molecule has 0 radical (unpaired) electrons. The van der Waals surface area contributed by atoms with Crippen molar-refractivity contribution in [2.75, 3.05) is 20.2 Å². The molecular formula is C21H27Cl2NO. The lowest BCUT2D eigenvalue weighted by Gasteiger charge is -2.32. The molecule has 1 aliphatic heterocycles. The lowest BCUT2D eigenvalue weighted by Crippen LogP contribution is -2.31. The molecule has 0 saturated carbocycles. The van der Waals surface area contributed by atoms with Crippen molar-refractivity contribution in [3.05, 3.63) is 70.7 Å². The van der Waals surface area contributed by atoms with E-state index in [0.717, 1.165) is 23.6 Å². The predicted molar refractivity (Wildman–Crippen MR) is 108 cm³/mol. The van der Waals surface area contributed by atoms with Crippen LogP contribution in [0.5, 0.6) is 0 Å². The minimum atomic E-state index is -0.455. The van der Waals surface area contributed by atoms with E-state index in [1.165, 1.54) is 24.9 Å². The van der Waals surface area contributed by atoms with Crippen LogP contribution in [0.15, 0.2) is 54.6 Å². The van der Waals surface area contributed by atoms with E-state index in [0.29, 0.717) is 6.04 Å². The molecule has 25 heavy (non-hydrogen) atoms. The molecule has 1 fully saturated rings. The average molecular weight is 380 g/mol. The molecule has 1 aliphatic rings. The molecule has 1 saturated heterocycles. The van der Waals surface area contributed by atoms with Crippen LogP contribution < -0.4 is 0 Å². The zero-order chi connectivity index (χ0) is 17.0. The van der Waals surface area contributed by atoms with Crippen molar-refractivity contribution >= 4 is 24.0 Å². The highest BCUT2D eigenvalue weighted by molar-refractivity contribution is 6.30. The first-order valence-electron chi connectivity index (χ1n) is 8.75. The van der Waals surface area contributed by atoms with Crippen LogP contribution >= 0.6 is 24.0 Å². The van der Waals surface area contributed by atoms with Crippen LogP contribution in [0.25, 0.3) is 0 Å². The molecule has 3 rings (SSSR count). The molecule has 1 heterocycles. The molecule has 2 atom stereocenters. The largest absolute Gasteiger partial charge is 0.366 e. The molecule has 0 N–H and O–H groups in total. The van der Waals surface area contributed by atoms with Crippen molar-refractivity contribution in [3.63, 3.8) is 0 Å². The van der Waals surface area contributed by atoms with Gasteiger partial charge in [-0.1, -0.05) is 54.1 Å². The van der Waals surface area contributed by atoms with Crippen molar-refractivity contribution in [2.45, 2.75) is 37.8 Å². The van der Waals surface area contributed by atoms with Crippen molar-refractivity contribution in [2.24, 2.45) is 0 Å². The Balaban J connectivity index is 0.00000225. The molecule has 1 unspecified atom stereocenters. The number of nitrogens with zero attached hydrogens (tertiary/aromatic N) is 1. The SMILES string of the molecule is CN1CCC[C@@H]1CCOC(C)(c1ccccc1)c1ccc(Cl)cc1.Cl. The number of hydrogen-bond acceptors (Lipinski definition) is 2. The highest BCUT2D eigenvalue weighted by atomic mass is 35.5. The normalized spacial score (nSPS) is 20.0. The smallest absolute Gasteiger partial charge is 0.115 e. The van der Waals surface area contributed by atoms with Gasteiger partial charge in [0.15, 0.2) is 0 Å². The summed E-state index contributed by atoms with van der Waals surface area (Å²) >= 11 is 6.07. The lowest BCUT2D eigenvalue weighted by atomic mass is 9.88. The number of ether oxygens (including phenoxy) is 1. The quantitative estimate of drug-likeness (QED) is 0.654. The maximum absolute atomic E-state index is 6.48. The summed E-state index contributed by atoms with van der Waals surface area (Å²) in [7, 11) is 2.22. The first-order valence-corrected chi connectivity index (χ1v) is 9.13. The van der Waals surface area contributed by atoms with Gasteiger partial charge in [-0.25, -0.2) is 0 Å². The molecule has 0 aromatic heterocycles. The Hall–Kier alpha value is -1.06. The van der Waals surface area contributed by atoms with E-state index in [2.05, 4.69) is 55.3 Å². The average Bonchev–Trinajstić information content (AvgIpc) is 3.01. The van der Waals surface area contributed by atoms with E-state index >= 15 is 0 Å². The van der Waals surface area contributed by atoms with Gasteiger partial charge in [0.25, 0.3) is 0 Å². The monoisotopic (exact) mass is 379 g/mol. The summed E-state index contributed by atoms with van der Waals surface area (Å²) in [5.41, 5.74) is 1.85. The Morgan fingerprint density at radius 2 is 1.72 bits per heavy atom. The fourth-order valence-corrected chi connectivity index (χ4v) is 3.73. The van der Waals surface area contributed by atoms with Gasteiger partial charge >= 0.3 is 0 Å². The lowest BCUT2D eigenvalue weighted by molar-refractivity contribution is -0.0117. The fraction of sp³-hybridized carbons (Fsp3) is 0.429. The standard InChI is InChI=1S/C21H26ClNO.ClH/c1-21(17-7-4-3-5-8-17,18-10-12-19(22)13-11-18)24-16-14-20-9-6-15-23(20)2;/h3-5,7-8,10-13,20H,6,9,14-16H2,1-2H3;1H/t20-,21?;/m1./s1. The second-order valence-corrected chi connectivity index (χ2v) is 7.26. The zero-order valence-corrected chi connectivity index (χ0v) is 16.5. The zero-order valence-electron chi connectivity index (χ0n) is 15.0. The minimum absolute atomic E-state index is 0. The topological polar surface area (TPSA) is 12.5 Å². The van der Waals surface area contributed by atoms with Gasteiger partial charge in [-0.2, -0.15) is 0 Å². The summed E-state index contributed by atoms with van der Waals surface area (Å²) in [6, 6.07) is 19.1. The van der Waals surface area contributed by atoms with E-state index in [1.54, 1.807) is 0 Å². The third-order valence-electron chi connectivity index (χ3n) is 5.23. The van der Waals surface area contributed by atoms with Crippen LogP contribution in [0.1, 0.15) is 37.3 Å². The van der Waals surface area contributed by atoms with E-state index in [9.17, 15) is 0 Å². The van der Waals surface area contributed by atoms with Crippen LogP contribution in [-0.2, 0) is 10.3 Å². The van der Waals surface area contributed by atoms with Gasteiger partial charge in [0.05, 0.1) is 0 Å². The molecule has 2 aromatic carbocycles. The Morgan fingerprint density at radius 3 is 2.32 bits per heavy atom. The summed E-state index contributed by atoms with van der Waals surface area (Å²) in [6.07, 6.45) is 3.66. The van der Waals surface area contributed by atoms with Gasteiger partial charge in [-0.05, 0) is 63.0 Å². The van der Waals surface area contributed by atoms with Gasteiger partial charge in [0.1, 0.15) is 5.60 Å². The van der Waals surface area contributed by atoms with Crippen molar-refractivity contribution < 1.29 is 4.74 Å². The highest BCUT2D eigenvalue weighted by Gasteiger charge is 2.30. The van der Waals surface area contributed by atoms with Crippen molar-refractivity contribution in [1.29, 1.82) is 0 Å². The maximum Gasteiger partial charge on any atom is 0.115 e. The van der Waals surface area contributed by atoms with Gasteiger partial charge in [-0.15, -0.1) is 12.4 Å². The van der Waals surface area contributed by atoms with Crippen molar-refractivity contribution in [3.8, 4) is 0 Å². The van der Waals surface area contributed by atoms with Gasteiger partial charge in [0, 0.05) is 17.7 Å². The molecule has 0 spiro atoms. The molecule has 2 aromatic rings. The van der Waals surface area contributed by atoms with Crippen LogP contribution in [0.3, 0.4) is 0 Å². The Kier molecular flexibility index (Phi) is 7.33. The first kappa shape index (κ1) is 20.3. The third kappa shape index (κ3) is 4.77. The number of benzene rings is 2. The number of halogens is 2. The number of rotatable bonds is 6. The van der Waals surface area contributed by atoms with E-state index in [-0.39, 0.29) is 12.4 Å². The van der Waals surface area contributed by atoms with Crippen LogP contribution in [0, 0.1) is 0 Å². The second-order valence-electron chi connectivity index (χ2n) is 6.82.